The number of carbonyl (C=O) groups excluding carboxylic acids is 1. The molecule has 2 atom stereocenters. The lowest BCUT2D eigenvalue weighted by Gasteiger charge is -2.26. The van der Waals surface area contributed by atoms with Crippen LogP contribution in [0.25, 0.3) is 11.0 Å². The van der Waals surface area contributed by atoms with Gasteiger partial charge in [0, 0.05) is 31.1 Å². The molecule has 0 fully saturated rings. The van der Waals surface area contributed by atoms with Crippen molar-refractivity contribution >= 4 is 34.5 Å². The Bertz CT molecular complexity index is 1080. The number of hydrogen-bond acceptors (Lipinski definition) is 6. The smallest absolute Gasteiger partial charge is 0.259 e. The zero-order valence-electron chi connectivity index (χ0n) is 15.0. The van der Waals surface area contributed by atoms with Crippen LogP contribution >= 0.6 is 11.8 Å². The Morgan fingerprint density at radius 1 is 1.25 bits per heavy atom. The van der Waals surface area contributed by atoms with Crippen LogP contribution in [0.1, 0.15) is 29.7 Å². The molecule has 3 N–H and O–H groups in total. The normalized spacial score (nSPS) is 21.5. The summed E-state index contributed by atoms with van der Waals surface area (Å²) in [5, 5.41) is 14.3. The van der Waals surface area contributed by atoms with E-state index in [9.17, 15) is 9.90 Å². The number of benzene rings is 1. The topological polar surface area (TPSA) is 94.1 Å². The van der Waals surface area contributed by atoms with Crippen LogP contribution in [0.15, 0.2) is 54.0 Å². The summed E-state index contributed by atoms with van der Waals surface area (Å²) in [5.74, 6) is 1.46. The van der Waals surface area contributed by atoms with Crippen LogP contribution in [-0.4, -0.2) is 38.3 Å². The van der Waals surface area contributed by atoms with Crippen molar-refractivity contribution in [1.82, 2.24) is 20.3 Å². The average Bonchev–Trinajstić information content (AvgIpc) is 3.33. The highest BCUT2D eigenvalue weighted by molar-refractivity contribution is 8.04. The number of nitrogens with zero attached hydrogens (tertiary/aromatic N) is 3. The number of rotatable bonds is 3. The number of thioether (sulfide) groups is 1. The number of aromatic nitrogens is 3. The van der Waals surface area contributed by atoms with Gasteiger partial charge in [0.1, 0.15) is 17.8 Å². The van der Waals surface area contributed by atoms with E-state index in [1.807, 2.05) is 47.6 Å². The summed E-state index contributed by atoms with van der Waals surface area (Å²) in [4.78, 5) is 27.3. The van der Waals surface area contributed by atoms with Gasteiger partial charge < -0.3 is 20.3 Å². The summed E-state index contributed by atoms with van der Waals surface area (Å²) in [6.07, 6.45) is 5.19. The van der Waals surface area contributed by atoms with E-state index in [0.717, 1.165) is 40.3 Å². The Morgan fingerprint density at radius 2 is 2.11 bits per heavy atom. The van der Waals surface area contributed by atoms with E-state index in [1.165, 1.54) is 18.1 Å². The minimum absolute atomic E-state index is 0.122. The first-order valence-electron chi connectivity index (χ1n) is 9.18. The summed E-state index contributed by atoms with van der Waals surface area (Å²) < 4.78 is 0. The molecule has 1 amide bonds. The van der Waals surface area contributed by atoms with E-state index in [2.05, 4.69) is 20.3 Å². The molecule has 3 aromatic rings. The summed E-state index contributed by atoms with van der Waals surface area (Å²) >= 11 is 1.54. The van der Waals surface area contributed by atoms with Gasteiger partial charge in [0.05, 0.1) is 22.4 Å². The zero-order valence-corrected chi connectivity index (χ0v) is 15.8. The highest BCUT2D eigenvalue weighted by Gasteiger charge is 2.31. The van der Waals surface area contributed by atoms with Crippen molar-refractivity contribution in [2.45, 2.75) is 18.6 Å². The maximum absolute atomic E-state index is 12.9. The molecule has 7 nitrogen and oxygen atoms in total. The van der Waals surface area contributed by atoms with Gasteiger partial charge in [-0.15, -0.1) is 11.8 Å². The molecule has 3 heterocycles. The number of fused-ring (bicyclic) bond motifs is 2. The van der Waals surface area contributed by atoms with Crippen LogP contribution < -0.4 is 10.2 Å². The number of amides is 1. The van der Waals surface area contributed by atoms with Crippen LogP contribution in [0, 0.1) is 0 Å². The predicted molar refractivity (Wildman–Crippen MR) is 109 cm³/mol. The number of carbonyl (C=O) groups is 1. The standard InChI is InChI=1S/C20H19N5O2S/c26-16-9-15(12-3-1-2-4-13(12)16)24-20(27)17-10-25(7-8-28-17)19-14-5-6-21-18(14)22-11-23-19/h1-6,10-11,15-16,26H,7-9H2,(H,24,27)(H,21,22,23). The van der Waals surface area contributed by atoms with Gasteiger partial charge in [0.15, 0.2) is 0 Å². The van der Waals surface area contributed by atoms with Gasteiger partial charge in [-0.25, -0.2) is 9.97 Å². The quantitative estimate of drug-likeness (QED) is 0.633. The largest absolute Gasteiger partial charge is 0.388 e. The van der Waals surface area contributed by atoms with Crippen molar-refractivity contribution in [2.75, 3.05) is 17.2 Å². The molecule has 0 bridgehead atoms. The van der Waals surface area contributed by atoms with Crippen molar-refractivity contribution < 1.29 is 9.90 Å². The van der Waals surface area contributed by atoms with E-state index in [0.29, 0.717) is 11.3 Å². The van der Waals surface area contributed by atoms with Crippen molar-refractivity contribution in [2.24, 2.45) is 0 Å². The second-order valence-corrected chi connectivity index (χ2v) is 8.02. The Kier molecular flexibility index (Phi) is 4.29. The summed E-state index contributed by atoms with van der Waals surface area (Å²) in [5.41, 5.74) is 2.67. The number of hydrogen-bond donors (Lipinski definition) is 3. The molecule has 1 aromatic carbocycles. The molecular formula is C20H19N5O2S. The van der Waals surface area contributed by atoms with Crippen molar-refractivity contribution in [3.8, 4) is 0 Å². The van der Waals surface area contributed by atoms with E-state index in [4.69, 9.17) is 0 Å². The van der Waals surface area contributed by atoms with Gasteiger partial charge in [-0.3, -0.25) is 4.79 Å². The highest BCUT2D eigenvalue weighted by atomic mass is 32.2. The molecule has 1 aliphatic carbocycles. The van der Waals surface area contributed by atoms with Gasteiger partial charge in [-0.2, -0.15) is 0 Å². The fourth-order valence-corrected chi connectivity index (χ4v) is 4.75. The molecule has 0 radical (unpaired) electrons. The molecule has 142 valence electrons. The number of aromatic amines is 1. The number of H-pyrrole nitrogens is 1. The molecule has 0 saturated heterocycles. The van der Waals surface area contributed by atoms with Crippen molar-refractivity contribution in [1.29, 1.82) is 0 Å². The molecule has 2 unspecified atom stereocenters. The number of anilines is 1. The Hall–Kier alpha value is -2.84. The third kappa shape index (κ3) is 2.94. The minimum atomic E-state index is -0.533. The second-order valence-electron chi connectivity index (χ2n) is 6.88. The third-order valence-corrected chi connectivity index (χ3v) is 6.17. The lowest BCUT2D eigenvalue weighted by atomic mass is 10.1. The summed E-state index contributed by atoms with van der Waals surface area (Å²) in [7, 11) is 0. The van der Waals surface area contributed by atoms with E-state index < -0.39 is 6.10 Å². The molecule has 1 aliphatic heterocycles. The average molecular weight is 393 g/mol. The Morgan fingerprint density at radius 3 is 3.00 bits per heavy atom. The highest BCUT2D eigenvalue weighted by Crippen LogP contribution is 2.39. The maximum atomic E-state index is 12.9. The van der Waals surface area contributed by atoms with Crippen LogP contribution in [-0.2, 0) is 4.79 Å². The van der Waals surface area contributed by atoms with E-state index in [1.54, 1.807) is 0 Å². The predicted octanol–water partition coefficient (Wildman–Crippen LogP) is 2.65. The Labute approximate surface area is 165 Å². The Balaban J connectivity index is 1.39. The number of nitrogens with one attached hydrogen (secondary N) is 2. The lowest BCUT2D eigenvalue weighted by Crippen LogP contribution is -2.32. The minimum Gasteiger partial charge on any atom is -0.388 e. The molecular weight excluding hydrogens is 374 g/mol. The van der Waals surface area contributed by atoms with Crippen LogP contribution in [0.4, 0.5) is 5.82 Å². The third-order valence-electron chi connectivity index (χ3n) is 5.19. The first kappa shape index (κ1) is 17.3. The number of aliphatic hydroxyl groups is 1. The SMILES string of the molecule is O=C(NC1CC(O)c2ccccc21)C1=CN(c2ncnc3[nH]ccc23)CCS1. The first-order chi connectivity index (χ1) is 13.7. The van der Waals surface area contributed by atoms with Crippen LogP contribution in [0.5, 0.6) is 0 Å². The van der Waals surface area contributed by atoms with Crippen LogP contribution in [0.3, 0.4) is 0 Å². The van der Waals surface area contributed by atoms with Gasteiger partial charge in [-0.05, 0) is 17.2 Å². The van der Waals surface area contributed by atoms with Crippen molar-refractivity contribution in [3.63, 3.8) is 0 Å². The fraction of sp³-hybridized carbons (Fsp3) is 0.250. The van der Waals surface area contributed by atoms with Gasteiger partial charge >= 0.3 is 0 Å². The zero-order chi connectivity index (χ0) is 19.1. The van der Waals surface area contributed by atoms with Gasteiger partial charge in [0.25, 0.3) is 5.91 Å². The summed E-state index contributed by atoms with van der Waals surface area (Å²) in [6.45, 7) is 0.768. The lowest BCUT2D eigenvalue weighted by molar-refractivity contribution is -0.117. The monoisotopic (exact) mass is 393 g/mol. The molecule has 0 spiro atoms. The van der Waals surface area contributed by atoms with E-state index >= 15 is 0 Å². The molecule has 0 saturated carbocycles. The molecule has 5 rings (SSSR count). The first-order valence-corrected chi connectivity index (χ1v) is 10.2. The molecule has 28 heavy (non-hydrogen) atoms. The second kappa shape index (κ2) is 6.96. The van der Waals surface area contributed by atoms with Crippen molar-refractivity contribution in [3.05, 3.63) is 65.1 Å². The molecule has 8 heteroatoms. The number of aliphatic hydroxyl groups excluding tert-OH is 1. The molecule has 2 aromatic heterocycles. The molecule has 2 aliphatic rings. The van der Waals surface area contributed by atoms with Crippen LogP contribution in [0.2, 0.25) is 0 Å². The summed E-state index contributed by atoms with van der Waals surface area (Å²) in [6, 6.07) is 9.49. The fourth-order valence-electron chi connectivity index (χ4n) is 3.85. The maximum Gasteiger partial charge on any atom is 0.259 e. The van der Waals surface area contributed by atoms with Gasteiger partial charge in [-0.1, -0.05) is 24.3 Å². The van der Waals surface area contributed by atoms with E-state index in [-0.39, 0.29) is 11.9 Å². The van der Waals surface area contributed by atoms with Gasteiger partial charge in [0.2, 0.25) is 0 Å².